The summed E-state index contributed by atoms with van der Waals surface area (Å²) >= 11 is 0. The third-order valence-electron chi connectivity index (χ3n) is 4.14. The van der Waals surface area contributed by atoms with Crippen LogP contribution in [0.1, 0.15) is 19.3 Å². The zero-order valence-electron chi connectivity index (χ0n) is 11.6. The van der Waals surface area contributed by atoms with Crippen LogP contribution >= 0.6 is 0 Å². The molecule has 2 saturated heterocycles. The molecule has 2 unspecified atom stereocenters. The summed E-state index contributed by atoms with van der Waals surface area (Å²) in [7, 11) is -3.46. The predicted octanol–water partition coefficient (Wildman–Crippen LogP) is 0.988. The molecule has 0 aromatic carbocycles. The lowest BCUT2D eigenvalue weighted by molar-refractivity contribution is -0.222. The Bertz CT molecular complexity index is 440. The van der Waals surface area contributed by atoms with Gasteiger partial charge in [-0.2, -0.15) is 13.2 Å². The highest BCUT2D eigenvalue weighted by Crippen LogP contribution is 2.32. The fourth-order valence-electron chi connectivity index (χ4n) is 2.85. The average Bonchev–Trinajstić information content (AvgIpc) is 2.89. The third-order valence-corrected chi connectivity index (χ3v) is 6.19. The molecule has 0 bridgehead atoms. The highest BCUT2D eigenvalue weighted by Gasteiger charge is 2.45. The van der Waals surface area contributed by atoms with E-state index in [9.17, 15) is 26.7 Å². The van der Waals surface area contributed by atoms with Crippen molar-refractivity contribution in [2.24, 2.45) is 11.8 Å². The van der Waals surface area contributed by atoms with Crippen molar-refractivity contribution in [2.45, 2.75) is 31.5 Å². The topological polar surface area (TPSA) is 66.8 Å². The van der Waals surface area contributed by atoms with Crippen molar-refractivity contribution in [2.75, 3.05) is 32.1 Å². The highest BCUT2D eigenvalue weighted by atomic mass is 32.2. The van der Waals surface area contributed by atoms with Gasteiger partial charge >= 0.3 is 6.18 Å². The molecular weight excluding hydrogens is 311 g/mol. The number of rotatable bonds is 4. The van der Waals surface area contributed by atoms with Gasteiger partial charge in [0.25, 0.3) is 0 Å². The lowest BCUT2D eigenvalue weighted by Gasteiger charge is -2.34. The van der Waals surface area contributed by atoms with Crippen LogP contribution < -0.4 is 0 Å². The Balaban J connectivity index is 1.88. The zero-order valence-corrected chi connectivity index (χ0v) is 12.4. The second-order valence-corrected chi connectivity index (χ2v) is 7.74. The van der Waals surface area contributed by atoms with Gasteiger partial charge in [0.2, 0.25) is 10.0 Å². The van der Waals surface area contributed by atoms with E-state index in [-0.39, 0.29) is 37.6 Å². The molecule has 0 amide bonds. The average molecular weight is 331 g/mol. The minimum absolute atomic E-state index is 0.0144. The minimum atomic E-state index is -4.65. The minimum Gasteiger partial charge on any atom is -0.383 e. The van der Waals surface area contributed by atoms with E-state index in [1.165, 1.54) is 4.31 Å². The molecular formula is C12H20F3NO4S. The first-order valence-electron chi connectivity index (χ1n) is 7.00. The summed E-state index contributed by atoms with van der Waals surface area (Å²) < 4.78 is 68.1. The summed E-state index contributed by atoms with van der Waals surface area (Å²) in [6.45, 7) is 1.05. The Morgan fingerprint density at radius 1 is 1.24 bits per heavy atom. The lowest BCUT2D eigenvalue weighted by atomic mass is 9.92. The van der Waals surface area contributed by atoms with Crippen molar-refractivity contribution < 1.29 is 31.4 Å². The molecule has 2 aliphatic rings. The van der Waals surface area contributed by atoms with E-state index in [2.05, 4.69) is 0 Å². The van der Waals surface area contributed by atoms with Gasteiger partial charge in [-0.25, -0.2) is 12.7 Å². The number of hydrogen-bond acceptors (Lipinski definition) is 4. The summed E-state index contributed by atoms with van der Waals surface area (Å²) in [5.41, 5.74) is 0. The van der Waals surface area contributed by atoms with Crippen molar-refractivity contribution in [3.63, 3.8) is 0 Å². The van der Waals surface area contributed by atoms with E-state index >= 15 is 0 Å². The van der Waals surface area contributed by atoms with Crippen LogP contribution in [0.5, 0.6) is 0 Å². The normalized spacial score (nSPS) is 27.9. The summed E-state index contributed by atoms with van der Waals surface area (Å²) in [5.74, 6) is -0.973. The first-order valence-corrected chi connectivity index (χ1v) is 8.61. The molecule has 0 saturated carbocycles. The molecule has 0 radical (unpaired) electrons. The second kappa shape index (κ2) is 6.39. The summed E-state index contributed by atoms with van der Waals surface area (Å²) in [6.07, 6.45) is -6.26. The third kappa shape index (κ3) is 4.30. The van der Waals surface area contributed by atoms with Crippen LogP contribution in [0.3, 0.4) is 0 Å². The monoisotopic (exact) mass is 331 g/mol. The predicted molar refractivity (Wildman–Crippen MR) is 69.1 cm³/mol. The summed E-state index contributed by atoms with van der Waals surface area (Å²) in [4.78, 5) is 0. The van der Waals surface area contributed by atoms with Gasteiger partial charge in [-0.3, -0.25) is 0 Å². The molecule has 0 aliphatic carbocycles. The SMILES string of the molecule is O=S(=O)(CC1CCOC1)N1CCC(C(O)C(F)(F)F)CC1. The van der Waals surface area contributed by atoms with E-state index in [0.717, 1.165) is 0 Å². The standard InChI is InChI=1S/C12H20F3NO4S/c13-12(14,15)11(17)10-1-4-16(5-2-10)21(18,19)8-9-3-6-20-7-9/h9-11,17H,1-8H2. The van der Waals surface area contributed by atoms with E-state index in [4.69, 9.17) is 4.74 Å². The molecule has 124 valence electrons. The molecule has 5 nitrogen and oxygen atoms in total. The fourth-order valence-corrected chi connectivity index (χ4v) is 4.69. The molecule has 2 heterocycles. The van der Waals surface area contributed by atoms with E-state index in [1.807, 2.05) is 0 Å². The Kier molecular flexibility index (Phi) is 5.17. The molecule has 21 heavy (non-hydrogen) atoms. The van der Waals surface area contributed by atoms with Crippen molar-refractivity contribution in [1.29, 1.82) is 0 Å². The lowest BCUT2D eigenvalue weighted by Crippen LogP contribution is -2.46. The number of nitrogens with zero attached hydrogens (tertiary/aromatic N) is 1. The van der Waals surface area contributed by atoms with Crippen LogP contribution in [-0.4, -0.2) is 62.2 Å². The Labute approximate surface area is 122 Å². The van der Waals surface area contributed by atoms with Gasteiger partial charge in [-0.15, -0.1) is 0 Å². The zero-order chi connectivity index (χ0) is 15.7. The maximum absolute atomic E-state index is 12.4. The summed E-state index contributed by atoms with van der Waals surface area (Å²) in [5, 5.41) is 9.22. The summed E-state index contributed by atoms with van der Waals surface area (Å²) in [6, 6.07) is 0. The maximum Gasteiger partial charge on any atom is 0.414 e. The van der Waals surface area contributed by atoms with Crippen LogP contribution in [0, 0.1) is 11.8 Å². The molecule has 0 aromatic heterocycles. The second-order valence-electron chi connectivity index (χ2n) is 5.73. The highest BCUT2D eigenvalue weighted by molar-refractivity contribution is 7.89. The van der Waals surface area contributed by atoms with Gasteiger partial charge in [-0.1, -0.05) is 0 Å². The number of ether oxygens (including phenoxy) is 1. The van der Waals surface area contributed by atoms with Crippen LogP contribution in [-0.2, 0) is 14.8 Å². The smallest absolute Gasteiger partial charge is 0.383 e. The number of aliphatic hydroxyl groups excluding tert-OH is 1. The molecule has 2 rings (SSSR count). The molecule has 0 aromatic rings. The van der Waals surface area contributed by atoms with Crippen molar-refractivity contribution in [1.82, 2.24) is 4.31 Å². The van der Waals surface area contributed by atoms with Crippen LogP contribution in [0.2, 0.25) is 0 Å². The van der Waals surface area contributed by atoms with Gasteiger partial charge in [0.15, 0.2) is 6.10 Å². The van der Waals surface area contributed by atoms with Crippen molar-refractivity contribution in [3.8, 4) is 0 Å². The van der Waals surface area contributed by atoms with Gasteiger partial charge in [0, 0.05) is 19.7 Å². The van der Waals surface area contributed by atoms with E-state index in [1.54, 1.807) is 0 Å². The fraction of sp³-hybridized carbons (Fsp3) is 1.00. The molecule has 0 spiro atoms. The Morgan fingerprint density at radius 3 is 2.33 bits per heavy atom. The van der Waals surface area contributed by atoms with Crippen LogP contribution in [0.15, 0.2) is 0 Å². The Morgan fingerprint density at radius 2 is 1.86 bits per heavy atom. The van der Waals surface area contributed by atoms with Gasteiger partial charge in [0.05, 0.1) is 12.4 Å². The van der Waals surface area contributed by atoms with Crippen LogP contribution in [0.25, 0.3) is 0 Å². The first-order chi connectivity index (χ1) is 9.70. The number of alkyl halides is 3. The van der Waals surface area contributed by atoms with Gasteiger partial charge < -0.3 is 9.84 Å². The largest absolute Gasteiger partial charge is 0.414 e. The molecule has 2 atom stereocenters. The number of piperidine rings is 1. The molecule has 9 heteroatoms. The van der Waals surface area contributed by atoms with Crippen molar-refractivity contribution in [3.05, 3.63) is 0 Å². The van der Waals surface area contributed by atoms with Crippen LogP contribution in [0.4, 0.5) is 13.2 Å². The van der Waals surface area contributed by atoms with Gasteiger partial charge in [-0.05, 0) is 31.1 Å². The number of sulfonamides is 1. The maximum atomic E-state index is 12.4. The quantitative estimate of drug-likeness (QED) is 0.834. The first kappa shape index (κ1) is 17.0. The number of halogens is 3. The van der Waals surface area contributed by atoms with Gasteiger partial charge in [0.1, 0.15) is 0 Å². The number of aliphatic hydroxyl groups is 1. The van der Waals surface area contributed by atoms with Crippen molar-refractivity contribution >= 4 is 10.0 Å². The molecule has 2 fully saturated rings. The molecule has 2 aliphatic heterocycles. The Hall–Kier alpha value is -0.380. The van der Waals surface area contributed by atoms with E-state index < -0.39 is 28.2 Å². The number of hydrogen-bond donors (Lipinski definition) is 1. The molecule has 1 N–H and O–H groups in total. The van der Waals surface area contributed by atoms with E-state index in [0.29, 0.717) is 19.6 Å².